The first kappa shape index (κ1) is 11.9. The fourth-order valence-corrected chi connectivity index (χ4v) is 2.31. The molecule has 0 amide bonds. The van der Waals surface area contributed by atoms with Crippen molar-refractivity contribution in [1.82, 2.24) is 19.5 Å². The minimum absolute atomic E-state index is 0.461. The molecule has 3 aromatic rings. The van der Waals surface area contributed by atoms with Crippen LogP contribution in [-0.4, -0.2) is 26.6 Å². The second-order valence-corrected chi connectivity index (χ2v) is 4.46. The Bertz CT molecular complexity index is 736. The maximum atomic E-state index is 6.11. The third kappa shape index (κ3) is 1.92. The van der Waals surface area contributed by atoms with Crippen LogP contribution < -0.4 is 4.74 Å². The van der Waals surface area contributed by atoms with Gasteiger partial charge in [0.25, 0.3) is 0 Å². The molecule has 0 saturated carbocycles. The van der Waals surface area contributed by atoms with E-state index in [1.54, 1.807) is 19.4 Å². The Balaban J connectivity index is 2.22. The summed E-state index contributed by atoms with van der Waals surface area (Å²) in [7, 11) is 1.59. The molecule has 0 aliphatic carbocycles. The fraction of sp³-hybridized carbons (Fsp3) is 0.154. The highest BCUT2D eigenvalue weighted by Gasteiger charge is 2.12. The Labute approximate surface area is 114 Å². The number of nitrogens with zero attached hydrogens (tertiary/aromatic N) is 4. The summed E-state index contributed by atoms with van der Waals surface area (Å²) in [5, 5.41) is 1.32. The Kier molecular flexibility index (Phi) is 2.83. The Morgan fingerprint density at radius 3 is 2.74 bits per heavy atom. The maximum Gasteiger partial charge on any atom is 0.213 e. The van der Waals surface area contributed by atoms with Crippen LogP contribution in [0.2, 0.25) is 5.15 Å². The van der Waals surface area contributed by atoms with Crippen LogP contribution in [0.3, 0.4) is 0 Å². The van der Waals surface area contributed by atoms with E-state index in [4.69, 9.17) is 16.3 Å². The van der Waals surface area contributed by atoms with Crippen molar-refractivity contribution in [2.24, 2.45) is 0 Å². The third-order valence-corrected chi connectivity index (χ3v) is 3.22. The molecule has 0 fully saturated rings. The van der Waals surface area contributed by atoms with Crippen LogP contribution >= 0.6 is 11.6 Å². The highest BCUT2D eigenvalue weighted by atomic mass is 35.5. The number of pyridine rings is 1. The monoisotopic (exact) mass is 274 g/mol. The minimum Gasteiger partial charge on any atom is -0.481 e. The summed E-state index contributed by atoms with van der Waals surface area (Å²) >= 11 is 6.11. The molecule has 6 heteroatoms. The lowest BCUT2D eigenvalue weighted by Gasteiger charge is -2.05. The fourth-order valence-electron chi connectivity index (χ4n) is 2.03. The molecule has 19 heavy (non-hydrogen) atoms. The van der Waals surface area contributed by atoms with Crippen molar-refractivity contribution >= 4 is 22.6 Å². The van der Waals surface area contributed by atoms with Gasteiger partial charge in [0.2, 0.25) is 5.88 Å². The van der Waals surface area contributed by atoms with E-state index in [1.165, 1.54) is 6.33 Å². The molecule has 3 aromatic heterocycles. The van der Waals surface area contributed by atoms with Gasteiger partial charge in [0.05, 0.1) is 24.4 Å². The van der Waals surface area contributed by atoms with Gasteiger partial charge in [0.15, 0.2) is 0 Å². The number of hydrogen-bond acceptors (Lipinski definition) is 4. The van der Waals surface area contributed by atoms with Gasteiger partial charge in [-0.15, -0.1) is 0 Å². The molecule has 5 nitrogen and oxygen atoms in total. The lowest BCUT2D eigenvalue weighted by Crippen LogP contribution is -1.96. The standard InChI is InChI=1S/C13H11ClN4O/c1-8-6-18(9-3-4-10(19-2)15-5-9)13-11(8)12(14)16-7-17-13/h3-7H,1-2H3. The van der Waals surface area contributed by atoms with Crippen molar-refractivity contribution in [3.05, 3.63) is 41.6 Å². The zero-order valence-electron chi connectivity index (χ0n) is 10.5. The van der Waals surface area contributed by atoms with E-state index in [2.05, 4.69) is 15.0 Å². The molecule has 0 atom stereocenters. The second-order valence-electron chi connectivity index (χ2n) is 4.10. The molecular weight excluding hydrogens is 264 g/mol. The van der Waals surface area contributed by atoms with Gasteiger partial charge < -0.3 is 4.74 Å². The number of hydrogen-bond donors (Lipinski definition) is 0. The summed E-state index contributed by atoms with van der Waals surface area (Å²) in [5.41, 5.74) is 2.69. The summed E-state index contributed by atoms with van der Waals surface area (Å²) in [6.45, 7) is 1.98. The average molecular weight is 275 g/mol. The molecule has 0 N–H and O–H groups in total. The molecule has 3 heterocycles. The van der Waals surface area contributed by atoms with E-state index in [-0.39, 0.29) is 0 Å². The third-order valence-electron chi connectivity index (χ3n) is 2.93. The molecule has 0 unspecified atom stereocenters. The van der Waals surface area contributed by atoms with E-state index in [1.807, 2.05) is 23.8 Å². The van der Waals surface area contributed by atoms with Gasteiger partial charge in [-0.25, -0.2) is 15.0 Å². The predicted octanol–water partition coefficient (Wildman–Crippen LogP) is 2.79. The van der Waals surface area contributed by atoms with Crippen molar-refractivity contribution in [2.75, 3.05) is 7.11 Å². The lowest BCUT2D eigenvalue weighted by molar-refractivity contribution is 0.398. The zero-order valence-corrected chi connectivity index (χ0v) is 11.2. The van der Waals surface area contributed by atoms with Crippen molar-refractivity contribution in [3.8, 4) is 11.6 Å². The first-order chi connectivity index (χ1) is 9.20. The van der Waals surface area contributed by atoms with Crippen molar-refractivity contribution in [3.63, 3.8) is 0 Å². The summed E-state index contributed by atoms with van der Waals surface area (Å²) in [5.74, 6) is 0.574. The molecule has 0 aromatic carbocycles. The Hall–Kier alpha value is -2.14. The SMILES string of the molecule is COc1ccc(-n2cc(C)c3c(Cl)ncnc32)cn1. The highest BCUT2D eigenvalue weighted by Crippen LogP contribution is 2.27. The number of ether oxygens (including phenoxy) is 1. The molecule has 0 bridgehead atoms. The molecule has 0 saturated heterocycles. The first-order valence-electron chi connectivity index (χ1n) is 5.69. The van der Waals surface area contributed by atoms with Crippen LogP contribution in [0.1, 0.15) is 5.56 Å². The number of fused-ring (bicyclic) bond motifs is 1. The van der Waals surface area contributed by atoms with Crippen LogP contribution in [0.25, 0.3) is 16.7 Å². The number of aryl methyl sites for hydroxylation is 1. The summed E-state index contributed by atoms with van der Waals surface area (Å²) in [6, 6.07) is 3.72. The summed E-state index contributed by atoms with van der Waals surface area (Å²) in [6.07, 6.45) is 5.15. The van der Waals surface area contributed by atoms with Crippen LogP contribution in [0, 0.1) is 6.92 Å². The van der Waals surface area contributed by atoms with E-state index in [0.717, 1.165) is 22.3 Å². The van der Waals surface area contributed by atoms with E-state index in [0.29, 0.717) is 11.0 Å². The summed E-state index contributed by atoms with van der Waals surface area (Å²) in [4.78, 5) is 12.5. The maximum absolute atomic E-state index is 6.11. The van der Waals surface area contributed by atoms with Crippen LogP contribution in [0.15, 0.2) is 30.9 Å². The topological polar surface area (TPSA) is 52.8 Å². The van der Waals surface area contributed by atoms with Gasteiger partial charge in [0, 0.05) is 12.3 Å². The van der Waals surface area contributed by atoms with Gasteiger partial charge in [-0.05, 0) is 18.6 Å². The normalized spacial score (nSPS) is 10.9. The van der Waals surface area contributed by atoms with Crippen molar-refractivity contribution in [2.45, 2.75) is 6.92 Å². The van der Waals surface area contributed by atoms with Crippen LogP contribution in [-0.2, 0) is 0 Å². The molecule has 96 valence electrons. The largest absolute Gasteiger partial charge is 0.481 e. The highest BCUT2D eigenvalue weighted by molar-refractivity contribution is 6.34. The Morgan fingerprint density at radius 1 is 1.21 bits per heavy atom. The summed E-state index contributed by atoms with van der Waals surface area (Å²) < 4.78 is 6.98. The zero-order chi connectivity index (χ0) is 13.4. The van der Waals surface area contributed by atoms with Gasteiger partial charge in [0.1, 0.15) is 17.1 Å². The van der Waals surface area contributed by atoms with E-state index in [9.17, 15) is 0 Å². The molecule has 0 aliphatic rings. The smallest absolute Gasteiger partial charge is 0.213 e. The first-order valence-corrected chi connectivity index (χ1v) is 6.07. The molecule has 0 spiro atoms. The van der Waals surface area contributed by atoms with E-state index >= 15 is 0 Å². The van der Waals surface area contributed by atoms with Crippen molar-refractivity contribution < 1.29 is 4.74 Å². The number of halogens is 1. The van der Waals surface area contributed by atoms with Gasteiger partial charge in [-0.3, -0.25) is 4.57 Å². The molecule has 0 radical (unpaired) electrons. The predicted molar refractivity (Wildman–Crippen MR) is 73.0 cm³/mol. The van der Waals surface area contributed by atoms with Gasteiger partial charge in [-0.1, -0.05) is 11.6 Å². The van der Waals surface area contributed by atoms with Crippen LogP contribution in [0.5, 0.6) is 5.88 Å². The average Bonchev–Trinajstić information content (AvgIpc) is 2.78. The number of methoxy groups -OCH3 is 1. The number of aromatic nitrogens is 4. The molecular formula is C13H11ClN4O. The molecule has 3 rings (SSSR count). The van der Waals surface area contributed by atoms with Gasteiger partial charge >= 0.3 is 0 Å². The van der Waals surface area contributed by atoms with Crippen LogP contribution in [0.4, 0.5) is 0 Å². The molecule has 0 aliphatic heterocycles. The van der Waals surface area contributed by atoms with Gasteiger partial charge in [-0.2, -0.15) is 0 Å². The Morgan fingerprint density at radius 2 is 2.05 bits per heavy atom. The lowest BCUT2D eigenvalue weighted by atomic mass is 10.3. The number of rotatable bonds is 2. The second kappa shape index (κ2) is 4.51. The minimum atomic E-state index is 0.461. The quantitative estimate of drug-likeness (QED) is 0.674. The van der Waals surface area contributed by atoms with Crippen molar-refractivity contribution in [1.29, 1.82) is 0 Å². The van der Waals surface area contributed by atoms with E-state index < -0.39 is 0 Å².